The summed E-state index contributed by atoms with van der Waals surface area (Å²) >= 11 is 0. The maximum absolute atomic E-state index is 12.4. The number of rotatable bonds is 50. The zero-order chi connectivity index (χ0) is 45.8. The Balaban J connectivity index is 3.46. The van der Waals surface area contributed by atoms with E-state index in [1.807, 2.05) is 0 Å². The molecule has 368 valence electrons. The minimum atomic E-state index is -0.667. The fourth-order valence-electron chi connectivity index (χ4n) is 8.16. The molecular weight excluding hydrogens is 779 g/mol. The Morgan fingerprint density at radius 2 is 0.825 bits per heavy atom. The molecule has 0 saturated heterocycles. The lowest BCUT2D eigenvalue weighted by atomic mass is 10.0. The van der Waals surface area contributed by atoms with Crippen LogP contribution in [0.2, 0.25) is 0 Å². The lowest BCUT2D eigenvalue weighted by molar-refractivity contribution is -0.143. The van der Waals surface area contributed by atoms with Gasteiger partial charge in [-0.1, -0.05) is 242 Å². The van der Waals surface area contributed by atoms with Crippen LogP contribution in [0.25, 0.3) is 0 Å². The number of nitrogens with one attached hydrogen (secondary N) is 1. The smallest absolute Gasteiger partial charge is 0.305 e. The Morgan fingerprint density at radius 3 is 1.27 bits per heavy atom. The van der Waals surface area contributed by atoms with E-state index < -0.39 is 12.1 Å². The molecule has 1 amide bonds. The number of aliphatic hydroxyl groups excluding tert-OH is 2. The third-order valence-corrected chi connectivity index (χ3v) is 12.4. The van der Waals surface area contributed by atoms with Gasteiger partial charge in [0, 0.05) is 12.8 Å². The van der Waals surface area contributed by atoms with Crippen molar-refractivity contribution in [2.45, 2.75) is 289 Å². The number of esters is 1. The fourth-order valence-corrected chi connectivity index (χ4v) is 8.16. The summed E-state index contributed by atoms with van der Waals surface area (Å²) < 4.78 is 5.39. The van der Waals surface area contributed by atoms with E-state index in [1.54, 1.807) is 0 Å². The topological polar surface area (TPSA) is 95.9 Å². The largest absolute Gasteiger partial charge is 0.465 e. The van der Waals surface area contributed by atoms with E-state index in [1.165, 1.54) is 180 Å². The maximum Gasteiger partial charge on any atom is 0.305 e. The van der Waals surface area contributed by atoms with Gasteiger partial charge < -0.3 is 20.3 Å². The summed E-state index contributed by atoms with van der Waals surface area (Å²) in [6.45, 7) is 4.76. The van der Waals surface area contributed by atoms with Crippen LogP contribution in [-0.4, -0.2) is 47.4 Å². The second-order valence-corrected chi connectivity index (χ2v) is 18.6. The highest BCUT2D eigenvalue weighted by molar-refractivity contribution is 5.76. The number of hydrogen-bond donors (Lipinski definition) is 3. The SMILES string of the molecule is CCC/C=C\C/C=C\CCCCCCCC(=O)OCC/C=C\C/C=C\CCCCCCCCCCCCCCCCC(=O)NC(CO)C(O)CCCCCCCCCCCCCC. The van der Waals surface area contributed by atoms with Crippen LogP contribution in [-0.2, 0) is 14.3 Å². The van der Waals surface area contributed by atoms with Gasteiger partial charge in [-0.2, -0.15) is 0 Å². The molecule has 0 bridgehead atoms. The second kappa shape index (κ2) is 52.4. The van der Waals surface area contributed by atoms with Crippen LogP contribution < -0.4 is 5.32 Å². The van der Waals surface area contributed by atoms with Crippen LogP contribution in [0.1, 0.15) is 277 Å². The molecule has 0 radical (unpaired) electrons. The van der Waals surface area contributed by atoms with Crippen molar-refractivity contribution in [2.75, 3.05) is 13.2 Å². The summed E-state index contributed by atoms with van der Waals surface area (Å²) in [4.78, 5) is 24.4. The van der Waals surface area contributed by atoms with E-state index >= 15 is 0 Å². The van der Waals surface area contributed by atoms with E-state index in [0.717, 1.165) is 64.2 Å². The Kier molecular flexibility index (Phi) is 50.6. The highest BCUT2D eigenvalue weighted by atomic mass is 16.5. The molecule has 0 aromatic rings. The van der Waals surface area contributed by atoms with Crippen LogP contribution >= 0.6 is 0 Å². The summed E-state index contributed by atoms with van der Waals surface area (Å²) in [5.74, 6) is -0.0926. The van der Waals surface area contributed by atoms with Crippen LogP contribution in [0.3, 0.4) is 0 Å². The number of unbranched alkanes of at least 4 members (excludes halogenated alkanes) is 31. The summed E-state index contributed by atoms with van der Waals surface area (Å²) in [6.07, 6.45) is 65.4. The Morgan fingerprint density at radius 1 is 0.444 bits per heavy atom. The number of carbonyl (C=O) groups is 2. The summed E-state index contributed by atoms with van der Waals surface area (Å²) in [5.41, 5.74) is 0. The molecule has 0 aliphatic rings. The maximum atomic E-state index is 12.4. The van der Waals surface area contributed by atoms with Crippen molar-refractivity contribution < 1.29 is 24.5 Å². The first-order valence-electron chi connectivity index (χ1n) is 27.4. The molecule has 0 saturated carbocycles. The predicted molar refractivity (Wildman–Crippen MR) is 273 cm³/mol. The molecule has 0 aliphatic heterocycles. The van der Waals surface area contributed by atoms with Gasteiger partial charge in [-0.05, 0) is 70.6 Å². The molecule has 0 aromatic carbocycles. The minimum absolute atomic E-state index is 0.0413. The average Bonchev–Trinajstić information content (AvgIpc) is 3.28. The monoisotopic (exact) mass is 884 g/mol. The normalized spacial score (nSPS) is 13.0. The minimum Gasteiger partial charge on any atom is -0.465 e. The summed E-state index contributed by atoms with van der Waals surface area (Å²) in [6, 6.07) is -0.545. The predicted octanol–water partition coefficient (Wildman–Crippen LogP) is 16.6. The number of aliphatic hydroxyl groups is 2. The van der Waals surface area contributed by atoms with Gasteiger partial charge in [0.25, 0.3) is 0 Å². The Bertz CT molecular complexity index is 1070. The number of carbonyl (C=O) groups excluding carboxylic acids is 2. The second-order valence-electron chi connectivity index (χ2n) is 18.6. The zero-order valence-corrected chi connectivity index (χ0v) is 41.8. The molecule has 0 aliphatic carbocycles. The van der Waals surface area contributed by atoms with Gasteiger partial charge in [-0.25, -0.2) is 0 Å². The molecule has 0 spiro atoms. The molecule has 6 heteroatoms. The van der Waals surface area contributed by atoms with Gasteiger partial charge in [-0.3, -0.25) is 9.59 Å². The molecular formula is C57H105NO5. The van der Waals surface area contributed by atoms with Crippen LogP contribution in [0.4, 0.5) is 0 Å². The first kappa shape index (κ1) is 60.8. The number of allylic oxidation sites excluding steroid dienone is 7. The van der Waals surface area contributed by atoms with Gasteiger partial charge in [-0.15, -0.1) is 0 Å². The lowest BCUT2D eigenvalue weighted by Gasteiger charge is -2.22. The molecule has 63 heavy (non-hydrogen) atoms. The van der Waals surface area contributed by atoms with Crippen molar-refractivity contribution >= 4 is 11.9 Å². The van der Waals surface area contributed by atoms with E-state index in [-0.39, 0.29) is 18.5 Å². The number of amides is 1. The van der Waals surface area contributed by atoms with Gasteiger partial charge in [0.2, 0.25) is 5.91 Å². The van der Waals surface area contributed by atoms with Crippen molar-refractivity contribution in [1.82, 2.24) is 5.32 Å². The molecule has 3 N–H and O–H groups in total. The van der Waals surface area contributed by atoms with Crippen LogP contribution in [0.15, 0.2) is 48.6 Å². The standard InChI is InChI=1S/C57H105NO5/c1-3-5-7-9-11-13-15-26-31-35-39-43-47-51-57(62)63-52-48-44-40-36-32-28-25-23-21-19-17-18-20-22-24-27-30-34-38-42-46-50-56(61)58-54(53-59)55(60)49-45-41-37-33-29-16-14-12-10-8-6-4-2/h7,9,13,15,28,32,40,44,54-55,59-60H,3-6,8,10-12,14,16-27,29-31,33-39,41-43,45-53H2,1-2H3,(H,58,61)/b9-7-,15-13-,32-28-,44-40-. The first-order valence-corrected chi connectivity index (χ1v) is 27.4. The molecule has 0 heterocycles. The average molecular weight is 884 g/mol. The third kappa shape index (κ3) is 49.1. The fraction of sp³-hybridized carbons (Fsp3) is 0.825. The van der Waals surface area contributed by atoms with Crippen molar-refractivity contribution in [1.29, 1.82) is 0 Å². The number of ether oxygens (including phenoxy) is 1. The Labute approximate surface area is 391 Å². The Hall–Kier alpha value is -2.18. The first-order chi connectivity index (χ1) is 31.0. The van der Waals surface area contributed by atoms with Gasteiger partial charge >= 0.3 is 5.97 Å². The van der Waals surface area contributed by atoms with E-state index in [2.05, 4.69) is 67.8 Å². The molecule has 0 aromatic heterocycles. The third-order valence-electron chi connectivity index (χ3n) is 12.4. The lowest BCUT2D eigenvalue weighted by Crippen LogP contribution is -2.45. The highest BCUT2D eigenvalue weighted by Gasteiger charge is 2.20. The summed E-state index contributed by atoms with van der Waals surface area (Å²) in [5, 5.41) is 23.2. The van der Waals surface area contributed by atoms with Crippen LogP contribution in [0.5, 0.6) is 0 Å². The number of hydrogen-bond acceptors (Lipinski definition) is 5. The molecule has 6 nitrogen and oxygen atoms in total. The van der Waals surface area contributed by atoms with Crippen molar-refractivity contribution in [3.8, 4) is 0 Å². The van der Waals surface area contributed by atoms with Gasteiger partial charge in [0.15, 0.2) is 0 Å². The quantitative estimate of drug-likeness (QED) is 0.0321. The summed E-state index contributed by atoms with van der Waals surface area (Å²) in [7, 11) is 0. The van der Waals surface area contributed by atoms with E-state index in [9.17, 15) is 19.8 Å². The highest BCUT2D eigenvalue weighted by Crippen LogP contribution is 2.16. The van der Waals surface area contributed by atoms with Crippen molar-refractivity contribution in [2.24, 2.45) is 0 Å². The van der Waals surface area contributed by atoms with E-state index in [0.29, 0.717) is 25.9 Å². The van der Waals surface area contributed by atoms with Crippen molar-refractivity contribution in [3.63, 3.8) is 0 Å². The van der Waals surface area contributed by atoms with E-state index in [4.69, 9.17) is 4.74 Å². The molecule has 2 unspecified atom stereocenters. The van der Waals surface area contributed by atoms with Gasteiger partial charge in [0.1, 0.15) is 0 Å². The molecule has 0 rings (SSSR count). The molecule has 0 fully saturated rings. The van der Waals surface area contributed by atoms with Crippen molar-refractivity contribution in [3.05, 3.63) is 48.6 Å². The zero-order valence-electron chi connectivity index (χ0n) is 41.8. The van der Waals surface area contributed by atoms with Crippen LogP contribution in [0, 0.1) is 0 Å². The van der Waals surface area contributed by atoms with Gasteiger partial charge in [0.05, 0.1) is 25.4 Å². The molecule has 2 atom stereocenters.